The van der Waals surface area contributed by atoms with Crippen molar-refractivity contribution < 1.29 is 14.3 Å². The molecule has 0 radical (unpaired) electrons. The van der Waals surface area contributed by atoms with Gasteiger partial charge in [0.15, 0.2) is 6.10 Å². The maximum absolute atomic E-state index is 12.6. The van der Waals surface area contributed by atoms with Gasteiger partial charge in [-0.05, 0) is 44.2 Å². The van der Waals surface area contributed by atoms with Gasteiger partial charge in [0.2, 0.25) is 5.78 Å². The molecule has 1 amide bonds. The largest absolute Gasteiger partial charge is 0.482 e. The molecule has 0 aliphatic heterocycles. The summed E-state index contributed by atoms with van der Waals surface area (Å²) in [6.07, 6.45) is -0.672. The average molecular weight is 428 g/mol. The summed E-state index contributed by atoms with van der Waals surface area (Å²) in [7, 11) is 0. The molecule has 0 aliphatic carbocycles. The van der Waals surface area contributed by atoms with Crippen LogP contribution >= 0.6 is 23.2 Å². The van der Waals surface area contributed by atoms with E-state index >= 15 is 0 Å². The molecule has 1 atom stereocenters. The predicted octanol–water partition coefficient (Wildman–Crippen LogP) is 6.20. The highest BCUT2D eigenvalue weighted by Gasteiger charge is 2.17. The summed E-state index contributed by atoms with van der Waals surface area (Å²) < 4.78 is 5.78. The predicted molar refractivity (Wildman–Crippen MR) is 116 cm³/mol. The minimum atomic E-state index is -0.672. The second-order valence-electron chi connectivity index (χ2n) is 6.60. The smallest absolute Gasteiger partial charge is 0.257 e. The van der Waals surface area contributed by atoms with Crippen molar-refractivity contribution in [3.8, 4) is 5.75 Å². The van der Waals surface area contributed by atoms with Gasteiger partial charge in [0, 0.05) is 22.3 Å². The molecule has 0 saturated carbocycles. The van der Waals surface area contributed by atoms with Crippen LogP contribution < -0.4 is 10.1 Å². The summed E-state index contributed by atoms with van der Waals surface area (Å²) in [5, 5.41) is 3.48. The number of rotatable bonds is 6. The number of benzene rings is 3. The topological polar surface area (TPSA) is 55.4 Å². The van der Waals surface area contributed by atoms with Crippen molar-refractivity contribution in [2.45, 2.75) is 20.0 Å². The Balaban J connectivity index is 1.69. The second-order valence-corrected chi connectivity index (χ2v) is 7.44. The van der Waals surface area contributed by atoms with Crippen molar-refractivity contribution in [2.75, 3.05) is 5.32 Å². The van der Waals surface area contributed by atoms with E-state index in [1.807, 2.05) is 19.1 Å². The highest BCUT2D eigenvalue weighted by atomic mass is 35.5. The van der Waals surface area contributed by atoms with Gasteiger partial charge >= 0.3 is 0 Å². The fourth-order valence-electron chi connectivity index (χ4n) is 2.73. The van der Waals surface area contributed by atoms with Gasteiger partial charge in [-0.1, -0.05) is 59.1 Å². The Morgan fingerprint density at radius 1 is 0.966 bits per heavy atom. The zero-order chi connectivity index (χ0) is 21.0. The number of nitrogens with one attached hydrogen (secondary N) is 1. The third kappa shape index (κ3) is 5.37. The number of carbonyl (C=O) groups is 2. The molecule has 4 nitrogen and oxygen atoms in total. The Bertz CT molecular complexity index is 1050. The molecule has 0 aromatic heterocycles. The number of aryl methyl sites for hydroxylation is 1. The maximum atomic E-state index is 12.6. The summed E-state index contributed by atoms with van der Waals surface area (Å²) in [6.45, 7) is 3.66. The van der Waals surface area contributed by atoms with E-state index in [-0.39, 0.29) is 16.7 Å². The van der Waals surface area contributed by atoms with Gasteiger partial charge in [-0.25, -0.2) is 0 Å². The lowest BCUT2D eigenvalue weighted by molar-refractivity contribution is 0.0818. The highest BCUT2D eigenvalue weighted by Crippen LogP contribution is 2.24. The SMILES string of the molecule is Cc1ccc(C(=O)C(C)Oc2cccc(NC(=O)c3ccc(Cl)cc3Cl)c2)cc1. The number of ketones is 1. The van der Waals surface area contributed by atoms with E-state index in [0.29, 0.717) is 27.6 Å². The number of halogens is 2. The molecule has 3 rings (SSSR count). The van der Waals surface area contributed by atoms with Gasteiger partial charge in [0.05, 0.1) is 10.6 Å². The van der Waals surface area contributed by atoms with E-state index in [9.17, 15) is 9.59 Å². The summed E-state index contributed by atoms with van der Waals surface area (Å²) in [5.41, 5.74) is 2.50. The minimum Gasteiger partial charge on any atom is -0.482 e. The standard InChI is InChI=1S/C23H19Cl2NO3/c1-14-6-8-16(9-7-14)22(27)15(2)29-19-5-3-4-18(13-19)26-23(28)20-11-10-17(24)12-21(20)25/h3-13,15H,1-2H3,(H,26,28). The number of Topliss-reactive ketones (excluding diaryl/α,β-unsaturated/α-hetero) is 1. The Hall–Kier alpha value is -2.82. The Kier molecular flexibility index (Phi) is 6.57. The van der Waals surface area contributed by atoms with Crippen LogP contribution in [0.4, 0.5) is 5.69 Å². The van der Waals surface area contributed by atoms with Gasteiger partial charge in [0.25, 0.3) is 5.91 Å². The lowest BCUT2D eigenvalue weighted by Gasteiger charge is -2.15. The summed E-state index contributed by atoms with van der Waals surface area (Å²) in [4.78, 5) is 25.0. The van der Waals surface area contributed by atoms with Crippen LogP contribution in [-0.4, -0.2) is 17.8 Å². The Morgan fingerprint density at radius 2 is 1.69 bits per heavy atom. The van der Waals surface area contributed by atoms with Crippen LogP contribution in [0.25, 0.3) is 0 Å². The first-order valence-corrected chi connectivity index (χ1v) is 9.73. The van der Waals surface area contributed by atoms with Crippen LogP contribution in [0.15, 0.2) is 66.7 Å². The van der Waals surface area contributed by atoms with E-state index in [1.54, 1.807) is 55.5 Å². The first-order valence-electron chi connectivity index (χ1n) is 8.97. The molecule has 6 heteroatoms. The first-order chi connectivity index (χ1) is 13.8. The van der Waals surface area contributed by atoms with Crippen LogP contribution in [0, 0.1) is 6.92 Å². The van der Waals surface area contributed by atoms with E-state index in [0.717, 1.165) is 5.56 Å². The zero-order valence-electron chi connectivity index (χ0n) is 15.9. The Morgan fingerprint density at radius 3 is 2.38 bits per heavy atom. The fourth-order valence-corrected chi connectivity index (χ4v) is 3.22. The van der Waals surface area contributed by atoms with Crippen molar-refractivity contribution in [1.82, 2.24) is 0 Å². The Labute approximate surface area is 179 Å². The van der Waals surface area contributed by atoms with Gasteiger partial charge in [-0.2, -0.15) is 0 Å². The van der Waals surface area contributed by atoms with Gasteiger partial charge in [-0.3, -0.25) is 9.59 Å². The number of anilines is 1. The van der Waals surface area contributed by atoms with Crippen molar-refractivity contribution in [1.29, 1.82) is 0 Å². The molecule has 3 aromatic rings. The molecule has 0 heterocycles. The third-order valence-electron chi connectivity index (χ3n) is 4.29. The molecular formula is C23H19Cl2NO3. The third-order valence-corrected chi connectivity index (χ3v) is 4.83. The average Bonchev–Trinajstić information content (AvgIpc) is 2.68. The maximum Gasteiger partial charge on any atom is 0.257 e. The van der Waals surface area contributed by atoms with Gasteiger partial charge in [-0.15, -0.1) is 0 Å². The van der Waals surface area contributed by atoms with Crippen LogP contribution in [0.5, 0.6) is 5.75 Å². The number of carbonyl (C=O) groups excluding carboxylic acids is 2. The quantitative estimate of drug-likeness (QED) is 0.476. The number of ether oxygens (including phenoxy) is 1. The molecular weight excluding hydrogens is 409 g/mol. The van der Waals surface area contributed by atoms with E-state index < -0.39 is 6.10 Å². The van der Waals surface area contributed by atoms with E-state index in [4.69, 9.17) is 27.9 Å². The molecule has 3 aromatic carbocycles. The number of hydrogen-bond donors (Lipinski definition) is 1. The molecule has 0 spiro atoms. The minimum absolute atomic E-state index is 0.118. The molecule has 1 N–H and O–H groups in total. The zero-order valence-corrected chi connectivity index (χ0v) is 17.4. The van der Waals surface area contributed by atoms with Crippen molar-refractivity contribution in [2.24, 2.45) is 0 Å². The van der Waals surface area contributed by atoms with Gasteiger partial charge in [0.1, 0.15) is 5.75 Å². The van der Waals surface area contributed by atoms with Crippen LogP contribution in [-0.2, 0) is 0 Å². The first kappa shape index (κ1) is 20.9. The van der Waals surface area contributed by atoms with Crippen molar-refractivity contribution in [3.05, 3.63) is 93.5 Å². The van der Waals surface area contributed by atoms with Crippen LogP contribution in [0.3, 0.4) is 0 Å². The van der Waals surface area contributed by atoms with E-state index in [2.05, 4.69) is 5.32 Å². The fraction of sp³-hybridized carbons (Fsp3) is 0.130. The van der Waals surface area contributed by atoms with Crippen molar-refractivity contribution >= 4 is 40.6 Å². The van der Waals surface area contributed by atoms with Crippen LogP contribution in [0.1, 0.15) is 33.2 Å². The lowest BCUT2D eigenvalue weighted by Crippen LogP contribution is -2.24. The molecule has 0 aliphatic rings. The summed E-state index contributed by atoms with van der Waals surface area (Å²) in [5.74, 6) is -0.0158. The monoisotopic (exact) mass is 427 g/mol. The van der Waals surface area contributed by atoms with Gasteiger partial charge < -0.3 is 10.1 Å². The highest BCUT2D eigenvalue weighted by molar-refractivity contribution is 6.37. The van der Waals surface area contributed by atoms with Crippen molar-refractivity contribution in [3.63, 3.8) is 0 Å². The number of amides is 1. The molecule has 0 bridgehead atoms. The molecule has 29 heavy (non-hydrogen) atoms. The van der Waals surface area contributed by atoms with Crippen LogP contribution in [0.2, 0.25) is 10.0 Å². The normalized spacial score (nSPS) is 11.6. The second kappa shape index (κ2) is 9.12. The molecule has 1 unspecified atom stereocenters. The number of hydrogen-bond acceptors (Lipinski definition) is 3. The van der Waals surface area contributed by atoms with E-state index in [1.165, 1.54) is 6.07 Å². The molecule has 0 fully saturated rings. The summed E-state index contributed by atoms with van der Waals surface area (Å²) in [6, 6.07) is 18.8. The summed E-state index contributed by atoms with van der Waals surface area (Å²) >= 11 is 12.0. The molecule has 148 valence electrons. The lowest BCUT2D eigenvalue weighted by atomic mass is 10.1. The molecule has 0 saturated heterocycles.